The summed E-state index contributed by atoms with van der Waals surface area (Å²) in [5.41, 5.74) is 1.81. The zero-order chi connectivity index (χ0) is 17.7. The first-order valence-electron chi connectivity index (χ1n) is 7.90. The van der Waals surface area contributed by atoms with Gasteiger partial charge in [-0.25, -0.2) is 8.42 Å². The Morgan fingerprint density at radius 1 is 1.04 bits per heavy atom. The molecule has 4 nitrogen and oxygen atoms in total. The normalized spacial score (nSPS) is 12.2. The number of aryl methyl sites for hydroxylation is 1. The highest BCUT2D eigenvalue weighted by molar-refractivity contribution is 7.92. The Morgan fingerprint density at radius 3 is 2.48 bits per heavy atom. The average Bonchev–Trinajstić information content (AvgIpc) is 3.26. The SMILES string of the molecule is Cn1cccc1CN(Cc1cccs1)S(=O)(=O)/C=C/c1ccccc1. The van der Waals surface area contributed by atoms with Crippen LogP contribution in [-0.4, -0.2) is 17.3 Å². The van der Waals surface area contributed by atoms with Crippen molar-refractivity contribution in [2.75, 3.05) is 0 Å². The lowest BCUT2D eigenvalue weighted by molar-refractivity contribution is 0.401. The number of rotatable bonds is 7. The van der Waals surface area contributed by atoms with Crippen molar-refractivity contribution in [2.45, 2.75) is 13.1 Å². The van der Waals surface area contributed by atoms with Crippen LogP contribution >= 0.6 is 11.3 Å². The van der Waals surface area contributed by atoms with Crippen LogP contribution in [-0.2, 0) is 30.2 Å². The van der Waals surface area contributed by atoms with Gasteiger partial charge in [0.15, 0.2) is 0 Å². The lowest BCUT2D eigenvalue weighted by atomic mass is 10.2. The standard InChI is InChI=1S/C19H20N2O2S2/c1-20-12-5-9-18(20)15-21(16-19-10-6-13-24-19)25(22,23)14-11-17-7-3-2-4-8-17/h2-14H,15-16H2,1H3/b14-11+. The highest BCUT2D eigenvalue weighted by atomic mass is 32.2. The monoisotopic (exact) mass is 372 g/mol. The van der Waals surface area contributed by atoms with Crippen molar-refractivity contribution in [3.05, 3.63) is 87.7 Å². The maximum absolute atomic E-state index is 12.9. The van der Waals surface area contributed by atoms with Gasteiger partial charge in [-0.2, -0.15) is 4.31 Å². The van der Waals surface area contributed by atoms with Crippen molar-refractivity contribution in [3.8, 4) is 0 Å². The van der Waals surface area contributed by atoms with Gasteiger partial charge in [0.1, 0.15) is 0 Å². The lowest BCUT2D eigenvalue weighted by Gasteiger charge is -2.20. The molecule has 6 heteroatoms. The van der Waals surface area contributed by atoms with Crippen LogP contribution in [0.5, 0.6) is 0 Å². The third-order valence-corrected chi connectivity index (χ3v) is 6.21. The van der Waals surface area contributed by atoms with Crippen molar-refractivity contribution in [3.63, 3.8) is 0 Å². The summed E-state index contributed by atoms with van der Waals surface area (Å²) >= 11 is 1.56. The first kappa shape index (κ1) is 17.7. The van der Waals surface area contributed by atoms with Gasteiger partial charge in [-0.1, -0.05) is 36.4 Å². The van der Waals surface area contributed by atoms with Gasteiger partial charge in [-0.15, -0.1) is 11.3 Å². The Labute approximate surface area is 152 Å². The number of benzene rings is 1. The topological polar surface area (TPSA) is 42.3 Å². The zero-order valence-corrected chi connectivity index (χ0v) is 15.6. The Kier molecular flexibility index (Phi) is 5.53. The van der Waals surface area contributed by atoms with E-state index in [1.165, 1.54) is 9.71 Å². The van der Waals surface area contributed by atoms with E-state index in [9.17, 15) is 8.42 Å². The molecule has 3 rings (SSSR count). The predicted molar refractivity (Wildman–Crippen MR) is 103 cm³/mol. The minimum absolute atomic E-state index is 0.336. The number of thiophene rings is 1. The number of hydrogen-bond acceptors (Lipinski definition) is 3. The molecule has 0 atom stereocenters. The molecule has 25 heavy (non-hydrogen) atoms. The van der Waals surface area contributed by atoms with Crippen LogP contribution < -0.4 is 0 Å². The summed E-state index contributed by atoms with van der Waals surface area (Å²) in [4.78, 5) is 1.02. The van der Waals surface area contributed by atoms with Gasteiger partial charge in [0.2, 0.25) is 10.0 Å². The van der Waals surface area contributed by atoms with Crippen molar-refractivity contribution in [1.29, 1.82) is 0 Å². The van der Waals surface area contributed by atoms with E-state index in [0.29, 0.717) is 13.1 Å². The second-order valence-corrected chi connectivity index (χ2v) is 8.57. The third-order valence-electron chi connectivity index (χ3n) is 3.89. The molecule has 0 unspecified atom stereocenters. The summed E-state index contributed by atoms with van der Waals surface area (Å²) in [6, 6.07) is 17.2. The maximum Gasteiger partial charge on any atom is 0.236 e. The van der Waals surface area contributed by atoms with E-state index >= 15 is 0 Å². The first-order valence-corrected chi connectivity index (χ1v) is 10.3. The van der Waals surface area contributed by atoms with E-state index in [2.05, 4.69) is 0 Å². The second-order valence-electron chi connectivity index (χ2n) is 5.72. The summed E-state index contributed by atoms with van der Waals surface area (Å²) in [5.74, 6) is 0. The molecule has 0 bridgehead atoms. The van der Waals surface area contributed by atoms with Crippen LogP contribution in [0.3, 0.4) is 0 Å². The molecule has 0 radical (unpaired) electrons. The summed E-state index contributed by atoms with van der Waals surface area (Å²) in [7, 11) is -1.62. The van der Waals surface area contributed by atoms with Crippen molar-refractivity contribution >= 4 is 27.4 Å². The van der Waals surface area contributed by atoms with Gasteiger partial charge >= 0.3 is 0 Å². The lowest BCUT2D eigenvalue weighted by Crippen LogP contribution is -2.29. The van der Waals surface area contributed by atoms with E-state index in [1.54, 1.807) is 17.4 Å². The molecule has 0 N–H and O–H groups in total. The fraction of sp³-hybridized carbons (Fsp3) is 0.158. The molecule has 0 saturated carbocycles. The molecule has 3 aromatic rings. The minimum Gasteiger partial charge on any atom is -0.353 e. The number of aromatic nitrogens is 1. The molecule has 0 saturated heterocycles. The van der Waals surface area contributed by atoms with Crippen molar-refractivity contribution < 1.29 is 8.42 Å². The predicted octanol–water partition coefficient (Wildman–Crippen LogP) is 4.09. The second kappa shape index (κ2) is 7.82. The number of sulfonamides is 1. The molecule has 2 aromatic heterocycles. The molecule has 1 aromatic carbocycles. The van der Waals surface area contributed by atoms with Gasteiger partial charge in [0.25, 0.3) is 0 Å². The molecule has 0 spiro atoms. The average molecular weight is 373 g/mol. The largest absolute Gasteiger partial charge is 0.353 e. The third kappa shape index (κ3) is 4.69. The first-order chi connectivity index (χ1) is 12.0. The van der Waals surface area contributed by atoms with Crippen LogP contribution in [0.1, 0.15) is 16.1 Å². The fourth-order valence-corrected chi connectivity index (χ4v) is 4.40. The van der Waals surface area contributed by atoms with Gasteiger partial charge in [-0.3, -0.25) is 0 Å². The molecule has 130 valence electrons. The van der Waals surface area contributed by atoms with Gasteiger partial charge in [-0.05, 0) is 35.2 Å². The highest BCUT2D eigenvalue weighted by Gasteiger charge is 2.21. The van der Waals surface area contributed by atoms with E-state index in [-0.39, 0.29) is 0 Å². The molecule has 2 heterocycles. The van der Waals surface area contributed by atoms with Crippen LogP contribution in [0, 0.1) is 0 Å². The molecule has 0 aliphatic heterocycles. The highest BCUT2D eigenvalue weighted by Crippen LogP contribution is 2.19. The molecule has 0 amide bonds. The molecule has 0 fully saturated rings. The van der Waals surface area contributed by atoms with E-state index in [0.717, 1.165) is 16.1 Å². The molecule has 0 aliphatic rings. The smallest absolute Gasteiger partial charge is 0.236 e. The van der Waals surface area contributed by atoms with Crippen LogP contribution in [0.4, 0.5) is 0 Å². The van der Waals surface area contributed by atoms with Gasteiger partial charge < -0.3 is 4.57 Å². The Bertz CT molecular complexity index is 927. The maximum atomic E-state index is 12.9. The summed E-state index contributed by atoms with van der Waals surface area (Å²) < 4.78 is 29.3. The number of nitrogens with zero attached hydrogens (tertiary/aromatic N) is 2. The van der Waals surface area contributed by atoms with Crippen LogP contribution in [0.2, 0.25) is 0 Å². The fourth-order valence-electron chi connectivity index (χ4n) is 2.47. The van der Waals surface area contributed by atoms with Gasteiger partial charge in [0.05, 0.1) is 6.54 Å². The molecular weight excluding hydrogens is 352 g/mol. The molecule has 0 aliphatic carbocycles. The Hall–Kier alpha value is -2.15. The Balaban J connectivity index is 1.86. The number of hydrogen-bond donors (Lipinski definition) is 0. The van der Waals surface area contributed by atoms with E-state index in [1.807, 2.05) is 77.8 Å². The summed E-state index contributed by atoms with van der Waals surface area (Å²) in [6.45, 7) is 0.702. The summed E-state index contributed by atoms with van der Waals surface area (Å²) in [5, 5.41) is 3.25. The minimum atomic E-state index is -3.54. The van der Waals surface area contributed by atoms with Crippen LogP contribution in [0.15, 0.2) is 71.6 Å². The van der Waals surface area contributed by atoms with Gasteiger partial charge in [0, 0.05) is 35.8 Å². The van der Waals surface area contributed by atoms with E-state index in [4.69, 9.17) is 0 Å². The quantitative estimate of drug-likeness (QED) is 0.627. The summed E-state index contributed by atoms with van der Waals surface area (Å²) in [6.07, 6.45) is 3.56. The van der Waals surface area contributed by atoms with Crippen molar-refractivity contribution in [1.82, 2.24) is 8.87 Å². The Morgan fingerprint density at radius 2 is 1.84 bits per heavy atom. The zero-order valence-electron chi connectivity index (χ0n) is 13.9. The molecular formula is C19H20N2O2S2. The van der Waals surface area contributed by atoms with Crippen molar-refractivity contribution in [2.24, 2.45) is 7.05 Å². The van der Waals surface area contributed by atoms with Crippen LogP contribution in [0.25, 0.3) is 6.08 Å². The van der Waals surface area contributed by atoms with E-state index < -0.39 is 10.0 Å².